The van der Waals surface area contributed by atoms with E-state index in [1.54, 1.807) is 20.3 Å². The van der Waals surface area contributed by atoms with E-state index < -0.39 is 4.75 Å². The molecule has 7 nitrogen and oxygen atoms in total. The quantitative estimate of drug-likeness (QED) is 0.545. The zero-order valence-electron chi connectivity index (χ0n) is 18.1. The second-order valence-electron chi connectivity index (χ2n) is 7.99. The number of hydrogen-bond acceptors (Lipinski definition) is 6. The molecule has 0 bridgehead atoms. The maximum absolute atomic E-state index is 11.7. The van der Waals surface area contributed by atoms with E-state index in [4.69, 9.17) is 14.9 Å². The first kappa shape index (κ1) is 21.2. The Labute approximate surface area is 186 Å². The standard InChI is InChI=1S/C23H26N4O3S/c1-23(2)20(25-26-22(28)31-23)15-7-10-18-14(12-15)6-5-11-27(18)21(24)17-9-8-16(29-3)13-19(17)30-4/h7-10,12-13,24H,5-6,11H2,1-4H3,(H,26,28). The Morgan fingerprint density at radius 1 is 1.19 bits per heavy atom. The van der Waals surface area contributed by atoms with Crippen LogP contribution in [0.15, 0.2) is 41.5 Å². The fourth-order valence-electron chi connectivity index (χ4n) is 4.07. The Kier molecular flexibility index (Phi) is 5.66. The van der Waals surface area contributed by atoms with Crippen LogP contribution in [0.2, 0.25) is 0 Å². The molecule has 1 amide bonds. The Morgan fingerprint density at radius 2 is 2.00 bits per heavy atom. The number of nitrogens with one attached hydrogen (secondary N) is 2. The molecule has 0 aliphatic carbocycles. The molecule has 31 heavy (non-hydrogen) atoms. The Hall–Kier alpha value is -3.00. The fourth-order valence-corrected chi connectivity index (χ4v) is 4.88. The van der Waals surface area contributed by atoms with Crippen molar-refractivity contribution < 1.29 is 14.3 Å². The largest absolute Gasteiger partial charge is 0.497 e. The van der Waals surface area contributed by atoms with Crippen LogP contribution < -0.4 is 19.8 Å². The van der Waals surface area contributed by atoms with Gasteiger partial charge in [-0.15, -0.1) is 0 Å². The van der Waals surface area contributed by atoms with Gasteiger partial charge in [-0.2, -0.15) is 5.10 Å². The Morgan fingerprint density at radius 3 is 2.71 bits per heavy atom. The lowest BCUT2D eigenvalue weighted by Crippen LogP contribution is -2.39. The lowest BCUT2D eigenvalue weighted by molar-refractivity contribution is 0.260. The first-order chi connectivity index (χ1) is 14.8. The summed E-state index contributed by atoms with van der Waals surface area (Å²) < 4.78 is 10.4. The summed E-state index contributed by atoms with van der Waals surface area (Å²) in [5.41, 5.74) is 7.33. The van der Waals surface area contributed by atoms with Crippen LogP contribution in [-0.2, 0) is 6.42 Å². The van der Waals surface area contributed by atoms with Crippen LogP contribution >= 0.6 is 11.8 Å². The molecule has 162 valence electrons. The third kappa shape index (κ3) is 3.99. The van der Waals surface area contributed by atoms with Crippen LogP contribution in [-0.4, -0.2) is 42.3 Å². The van der Waals surface area contributed by atoms with Crippen LogP contribution in [0.25, 0.3) is 0 Å². The summed E-state index contributed by atoms with van der Waals surface area (Å²) in [4.78, 5) is 13.8. The van der Waals surface area contributed by atoms with Gasteiger partial charge in [0.15, 0.2) is 0 Å². The van der Waals surface area contributed by atoms with Gasteiger partial charge in [0.1, 0.15) is 17.3 Å². The van der Waals surface area contributed by atoms with Gasteiger partial charge in [-0.3, -0.25) is 10.2 Å². The summed E-state index contributed by atoms with van der Waals surface area (Å²) in [6.07, 6.45) is 1.87. The zero-order chi connectivity index (χ0) is 22.2. The van der Waals surface area contributed by atoms with Gasteiger partial charge >= 0.3 is 0 Å². The van der Waals surface area contributed by atoms with Gasteiger partial charge in [0.25, 0.3) is 5.24 Å². The van der Waals surface area contributed by atoms with Gasteiger partial charge < -0.3 is 14.4 Å². The van der Waals surface area contributed by atoms with Crippen LogP contribution in [0.5, 0.6) is 11.5 Å². The van der Waals surface area contributed by atoms with E-state index >= 15 is 0 Å². The van der Waals surface area contributed by atoms with Crippen molar-refractivity contribution in [2.24, 2.45) is 5.10 Å². The number of benzene rings is 2. The van der Waals surface area contributed by atoms with E-state index in [9.17, 15) is 4.79 Å². The molecule has 2 heterocycles. The lowest BCUT2D eigenvalue weighted by atomic mass is 9.93. The maximum atomic E-state index is 11.7. The molecule has 8 heteroatoms. The maximum Gasteiger partial charge on any atom is 0.300 e. The number of thioether (sulfide) groups is 1. The molecule has 0 atom stereocenters. The number of hydrazone groups is 1. The molecule has 2 aromatic rings. The van der Waals surface area contributed by atoms with Crippen molar-refractivity contribution in [3.63, 3.8) is 0 Å². The van der Waals surface area contributed by atoms with Crippen molar-refractivity contribution in [2.45, 2.75) is 31.4 Å². The molecule has 2 aromatic carbocycles. The smallest absolute Gasteiger partial charge is 0.300 e. The predicted molar refractivity (Wildman–Crippen MR) is 125 cm³/mol. The van der Waals surface area contributed by atoms with Crippen molar-refractivity contribution in [2.75, 3.05) is 25.7 Å². The summed E-state index contributed by atoms with van der Waals surface area (Å²) in [6, 6.07) is 11.7. The van der Waals surface area contributed by atoms with Gasteiger partial charge in [-0.25, -0.2) is 5.43 Å². The number of fused-ring (bicyclic) bond motifs is 1. The minimum Gasteiger partial charge on any atom is -0.497 e. The summed E-state index contributed by atoms with van der Waals surface area (Å²) in [7, 11) is 3.21. The molecule has 0 fully saturated rings. The molecule has 4 rings (SSSR count). The molecule has 2 aliphatic rings. The van der Waals surface area contributed by atoms with Crippen LogP contribution in [0.1, 0.15) is 37.0 Å². The van der Waals surface area contributed by atoms with Crippen LogP contribution in [0.3, 0.4) is 0 Å². The van der Waals surface area contributed by atoms with E-state index in [0.717, 1.165) is 41.9 Å². The first-order valence-electron chi connectivity index (χ1n) is 10.1. The molecular formula is C23H26N4O3S. The first-order valence-corrected chi connectivity index (χ1v) is 10.9. The average molecular weight is 439 g/mol. The number of hydrogen-bond donors (Lipinski definition) is 2. The highest BCUT2D eigenvalue weighted by atomic mass is 32.2. The number of carbonyl (C=O) groups is 1. The summed E-state index contributed by atoms with van der Waals surface area (Å²) in [5, 5.41) is 13.1. The van der Waals surface area contributed by atoms with Crippen molar-refractivity contribution >= 4 is 34.2 Å². The summed E-state index contributed by atoms with van der Waals surface area (Å²) in [6.45, 7) is 4.78. The highest BCUT2D eigenvalue weighted by Crippen LogP contribution is 2.36. The predicted octanol–water partition coefficient (Wildman–Crippen LogP) is 4.42. The SMILES string of the molecule is COc1ccc(C(=N)N2CCCc3cc(C4=NNC(=O)SC4(C)C)ccc32)c(OC)c1. The normalized spacial score (nSPS) is 17.4. The van der Waals surface area contributed by atoms with Crippen LogP contribution in [0, 0.1) is 5.41 Å². The molecule has 0 saturated carbocycles. The van der Waals surface area contributed by atoms with Crippen LogP contribution in [0.4, 0.5) is 10.5 Å². The van der Waals surface area contributed by atoms with Crippen molar-refractivity contribution in [1.82, 2.24) is 5.43 Å². The van der Waals surface area contributed by atoms with Gasteiger partial charge in [0.2, 0.25) is 0 Å². The topological polar surface area (TPSA) is 87.0 Å². The van der Waals surface area contributed by atoms with Crippen molar-refractivity contribution in [3.8, 4) is 11.5 Å². The average Bonchev–Trinajstić information content (AvgIpc) is 2.76. The van der Waals surface area contributed by atoms with Crippen molar-refractivity contribution in [3.05, 3.63) is 53.1 Å². The van der Waals surface area contributed by atoms with Gasteiger partial charge in [-0.1, -0.05) is 17.8 Å². The molecule has 0 saturated heterocycles. The summed E-state index contributed by atoms with van der Waals surface area (Å²) in [5.74, 6) is 1.70. The number of ether oxygens (including phenoxy) is 2. The molecule has 2 aliphatic heterocycles. The molecule has 0 spiro atoms. The Bertz CT molecular complexity index is 1080. The molecule has 0 aromatic heterocycles. The third-order valence-corrected chi connectivity index (χ3v) is 6.56. The van der Waals surface area contributed by atoms with Gasteiger partial charge in [0.05, 0.1) is 30.2 Å². The van der Waals surface area contributed by atoms with E-state index in [0.29, 0.717) is 17.3 Å². The number of amides is 1. The highest BCUT2D eigenvalue weighted by molar-refractivity contribution is 8.15. The van der Waals surface area contributed by atoms with E-state index in [2.05, 4.69) is 16.6 Å². The Balaban J connectivity index is 1.68. The number of aryl methyl sites for hydroxylation is 1. The highest BCUT2D eigenvalue weighted by Gasteiger charge is 2.34. The number of anilines is 1. The molecule has 0 unspecified atom stereocenters. The second-order valence-corrected chi connectivity index (χ2v) is 9.58. The second kappa shape index (κ2) is 8.26. The van der Waals surface area contributed by atoms with Gasteiger partial charge in [-0.05, 0) is 62.1 Å². The summed E-state index contributed by atoms with van der Waals surface area (Å²) >= 11 is 1.24. The van der Waals surface area contributed by atoms with E-state index in [1.165, 1.54) is 17.3 Å². The molecule has 0 radical (unpaired) electrons. The number of rotatable bonds is 4. The number of amidine groups is 1. The minimum absolute atomic E-state index is 0.139. The van der Waals surface area contributed by atoms with Gasteiger partial charge in [0, 0.05) is 18.3 Å². The number of carbonyl (C=O) groups excluding carboxylic acids is 1. The fraction of sp³-hybridized carbons (Fsp3) is 0.348. The third-order valence-electron chi connectivity index (χ3n) is 5.58. The molecular weight excluding hydrogens is 412 g/mol. The van der Waals surface area contributed by atoms with E-state index in [1.807, 2.05) is 43.0 Å². The number of nitrogens with zero attached hydrogens (tertiary/aromatic N) is 2. The number of methoxy groups -OCH3 is 2. The van der Waals surface area contributed by atoms with E-state index in [-0.39, 0.29) is 5.24 Å². The lowest BCUT2D eigenvalue weighted by Gasteiger charge is -2.33. The minimum atomic E-state index is -0.409. The monoisotopic (exact) mass is 438 g/mol. The molecule has 2 N–H and O–H groups in total. The van der Waals surface area contributed by atoms with Crippen molar-refractivity contribution in [1.29, 1.82) is 5.41 Å². The zero-order valence-corrected chi connectivity index (χ0v) is 18.9.